The van der Waals surface area contributed by atoms with Crippen molar-refractivity contribution in [3.8, 4) is 0 Å². The fraction of sp³-hybridized carbons (Fsp3) is 0.250. The second kappa shape index (κ2) is 8.51. The van der Waals surface area contributed by atoms with E-state index in [1.807, 2.05) is 65.5 Å². The van der Waals surface area contributed by atoms with Gasteiger partial charge in [0.15, 0.2) is 23.3 Å². The molecule has 0 aliphatic heterocycles. The predicted octanol–water partition coefficient (Wildman–Crippen LogP) is 1.60. The number of aromatic nitrogens is 6. The van der Waals surface area contributed by atoms with Crippen LogP contribution in [0.25, 0.3) is 5.65 Å². The largest absolute Gasteiger partial charge is 0.349 e. The van der Waals surface area contributed by atoms with Crippen molar-refractivity contribution in [3.63, 3.8) is 0 Å². The lowest BCUT2D eigenvalue weighted by atomic mass is 10.2. The van der Waals surface area contributed by atoms with Gasteiger partial charge < -0.3 is 15.2 Å². The van der Waals surface area contributed by atoms with Crippen LogP contribution in [-0.4, -0.2) is 35.3 Å². The lowest BCUT2D eigenvalue weighted by molar-refractivity contribution is 0.705. The summed E-state index contributed by atoms with van der Waals surface area (Å²) in [6.07, 6.45) is 1.95. The Morgan fingerprint density at radius 1 is 0.897 bits per heavy atom. The smallest absolute Gasteiger partial charge is 0.192 e. The molecule has 9 nitrogen and oxygen atoms in total. The van der Waals surface area contributed by atoms with Crippen molar-refractivity contribution >= 4 is 11.6 Å². The van der Waals surface area contributed by atoms with E-state index in [-0.39, 0.29) is 0 Å². The maximum atomic E-state index is 4.70. The van der Waals surface area contributed by atoms with Gasteiger partial charge >= 0.3 is 0 Å². The Kier molecular flexibility index (Phi) is 5.46. The Balaban J connectivity index is 1.48. The molecule has 0 aliphatic rings. The minimum absolute atomic E-state index is 0.490. The maximum Gasteiger partial charge on any atom is 0.192 e. The van der Waals surface area contributed by atoms with Crippen molar-refractivity contribution < 1.29 is 0 Å². The fourth-order valence-electron chi connectivity index (χ4n) is 2.87. The molecule has 0 spiro atoms. The molecule has 0 aliphatic carbocycles. The molecule has 1 aromatic carbocycles. The minimum Gasteiger partial charge on any atom is -0.349 e. The number of pyridine rings is 1. The van der Waals surface area contributed by atoms with E-state index in [2.05, 4.69) is 43.2 Å². The van der Waals surface area contributed by atoms with Gasteiger partial charge in [-0.15, -0.1) is 20.4 Å². The molecule has 29 heavy (non-hydrogen) atoms. The molecule has 148 valence electrons. The Morgan fingerprint density at radius 2 is 1.62 bits per heavy atom. The quantitative estimate of drug-likeness (QED) is 0.384. The zero-order chi connectivity index (χ0) is 20.1. The van der Waals surface area contributed by atoms with Crippen LogP contribution in [-0.2, 0) is 26.7 Å². The highest BCUT2D eigenvalue weighted by atomic mass is 15.3. The van der Waals surface area contributed by atoms with Crippen LogP contribution in [0.2, 0.25) is 0 Å². The molecule has 0 amide bonds. The number of nitrogens with one attached hydrogen (secondary N) is 2. The molecule has 3 heterocycles. The van der Waals surface area contributed by atoms with E-state index in [0.717, 1.165) is 28.7 Å². The van der Waals surface area contributed by atoms with Gasteiger partial charge in [0.1, 0.15) is 5.82 Å². The van der Waals surface area contributed by atoms with Crippen LogP contribution in [0.4, 0.5) is 0 Å². The molecular formula is C20H23N9. The van der Waals surface area contributed by atoms with Crippen molar-refractivity contribution in [1.82, 2.24) is 40.0 Å². The molecule has 0 bridgehead atoms. The summed E-state index contributed by atoms with van der Waals surface area (Å²) in [6, 6.07) is 16.0. The van der Waals surface area contributed by atoms with Crippen LogP contribution in [0.15, 0.2) is 59.7 Å². The second-order valence-corrected chi connectivity index (χ2v) is 6.63. The maximum absolute atomic E-state index is 4.70. The highest BCUT2D eigenvalue weighted by Crippen LogP contribution is 2.04. The normalized spacial score (nSPS) is 11.7. The SMILES string of the molecule is Cc1nnc(CNC(=NCc2ccccc2)NCc2nnc3ccccn23)n1C. The average molecular weight is 389 g/mol. The van der Waals surface area contributed by atoms with E-state index in [4.69, 9.17) is 4.99 Å². The first kappa shape index (κ1) is 18.6. The molecule has 2 N–H and O–H groups in total. The van der Waals surface area contributed by atoms with Gasteiger partial charge in [0, 0.05) is 13.2 Å². The summed E-state index contributed by atoms with van der Waals surface area (Å²) in [5.41, 5.74) is 1.95. The topological polar surface area (TPSA) is 97.3 Å². The van der Waals surface area contributed by atoms with Crippen LogP contribution >= 0.6 is 0 Å². The van der Waals surface area contributed by atoms with Gasteiger partial charge in [0.2, 0.25) is 0 Å². The number of hydrogen-bond donors (Lipinski definition) is 2. The fourth-order valence-corrected chi connectivity index (χ4v) is 2.87. The molecule has 0 saturated heterocycles. The Labute approximate surface area is 168 Å². The van der Waals surface area contributed by atoms with Crippen molar-refractivity contribution in [2.24, 2.45) is 12.0 Å². The number of rotatable bonds is 6. The standard InChI is InChI=1S/C20H23N9/c1-15-24-26-18(28(15)2)13-22-20(21-12-16-8-4-3-5-9-16)23-14-19-27-25-17-10-6-7-11-29(17)19/h3-11H,12-14H2,1-2H3,(H2,21,22,23). The third kappa shape index (κ3) is 4.40. The Bertz CT molecular complexity index is 1110. The summed E-state index contributed by atoms with van der Waals surface area (Å²) >= 11 is 0. The number of benzene rings is 1. The van der Waals surface area contributed by atoms with Crippen LogP contribution < -0.4 is 10.6 Å². The number of fused-ring (bicyclic) bond motifs is 1. The monoisotopic (exact) mass is 389 g/mol. The third-order valence-corrected chi connectivity index (χ3v) is 4.66. The van der Waals surface area contributed by atoms with Crippen molar-refractivity contribution in [1.29, 1.82) is 0 Å². The molecule has 0 saturated carbocycles. The Hall–Kier alpha value is -3.75. The predicted molar refractivity (Wildman–Crippen MR) is 110 cm³/mol. The van der Waals surface area contributed by atoms with Gasteiger partial charge in [-0.05, 0) is 24.6 Å². The van der Waals surface area contributed by atoms with Gasteiger partial charge in [-0.2, -0.15) is 0 Å². The van der Waals surface area contributed by atoms with Gasteiger partial charge in [-0.1, -0.05) is 36.4 Å². The van der Waals surface area contributed by atoms with E-state index in [0.29, 0.717) is 25.6 Å². The first-order chi connectivity index (χ1) is 14.2. The van der Waals surface area contributed by atoms with Crippen molar-refractivity contribution in [3.05, 3.63) is 77.8 Å². The van der Waals surface area contributed by atoms with Gasteiger partial charge in [0.05, 0.1) is 19.6 Å². The summed E-state index contributed by atoms with van der Waals surface area (Å²) in [5, 5.41) is 23.4. The first-order valence-corrected chi connectivity index (χ1v) is 9.40. The lowest BCUT2D eigenvalue weighted by Crippen LogP contribution is -2.37. The molecule has 4 aromatic rings. The van der Waals surface area contributed by atoms with Crippen LogP contribution in [0.5, 0.6) is 0 Å². The Morgan fingerprint density at radius 3 is 2.38 bits per heavy atom. The zero-order valence-corrected chi connectivity index (χ0v) is 16.4. The highest BCUT2D eigenvalue weighted by Gasteiger charge is 2.09. The average Bonchev–Trinajstić information content (AvgIpc) is 3.32. The first-order valence-electron chi connectivity index (χ1n) is 9.40. The molecule has 3 aromatic heterocycles. The number of nitrogens with zero attached hydrogens (tertiary/aromatic N) is 7. The van der Waals surface area contributed by atoms with E-state index < -0.39 is 0 Å². The van der Waals surface area contributed by atoms with Crippen molar-refractivity contribution in [2.45, 2.75) is 26.6 Å². The number of aryl methyl sites for hydroxylation is 1. The summed E-state index contributed by atoms with van der Waals surface area (Å²) in [7, 11) is 1.95. The van der Waals surface area contributed by atoms with Gasteiger partial charge in [-0.25, -0.2) is 4.99 Å². The van der Waals surface area contributed by atoms with Crippen molar-refractivity contribution in [2.75, 3.05) is 0 Å². The number of guanidine groups is 1. The third-order valence-electron chi connectivity index (χ3n) is 4.66. The second-order valence-electron chi connectivity index (χ2n) is 6.63. The van der Waals surface area contributed by atoms with Gasteiger partial charge in [0.25, 0.3) is 0 Å². The van der Waals surface area contributed by atoms with Crippen LogP contribution in [0.3, 0.4) is 0 Å². The number of hydrogen-bond acceptors (Lipinski definition) is 5. The van der Waals surface area contributed by atoms with E-state index in [9.17, 15) is 0 Å². The van der Waals surface area contributed by atoms with Gasteiger partial charge in [-0.3, -0.25) is 4.40 Å². The molecule has 0 fully saturated rings. The summed E-state index contributed by atoms with van der Waals surface area (Å²) in [5.74, 6) is 3.18. The zero-order valence-electron chi connectivity index (χ0n) is 16.4. The molecule has 0 unspecified atom stereocenters. The summed E-state index contributed by atoms with van der Waals surface area (Å²) in [4.78, 5) is 4.70. The minimum atomic E-state index is 0.490. The molecule has 4 rings (SSSR count). The highest BCUT2D eigenvalue weighted by molar-refractivity contribution is 5.79. The van der Waals surface area contributed by atoms with Crippen LogP contribution in [0.1, 0.15) is 23.0 Å². The lowest BCUT2D eigenvalue weighted by Gasteiger charge is -2.12. The number of aliphatic imine (C=N–C) groups is 1. The van der Waals surface area contributed by atoms with Crippen LogP contribution in [0, 0.1) is 6.92 Å². The van der Waals surface area contributed by atoms with E-state index in [1.54, 1.807) is 0 Å². The molecular weight excluding hydrogens is 366 g/mol. The molecule has 0 atom stereocenters. The van der Waals surface area contributed by atoms with E-state index in [1.165, 1.54) is 0 Å². The summed E-state index contributed by atoms with van der Waals surface area (Å²) < 4.78 is 3.90. The molecule has 9 heteroatoms. The summed E-state index contributed by atoms with van der Waals surface area (Å²) in [6.45, 7) is 3.49. The molecule has 0 radical (unpaired) electrons. The van der Waals surface area contributed by atoms with E-state index >= 15 is 0 Å².